The summed E-state index contributed by atoms with van der Waals surface area (Å²) in [4.78, 5) is 10.3. The summed E-state index contributed by atoms with van der Waals surface area (Å²) in [5.41, 5.74) is 0. The van der Waals surface area contributed by atoms with Crippen LogP contribution >= 0.6 is 0 Å². The van der Waals surface area contributed by atoms with Crippen molar-refractivity contribution in [1.29, 1.82) is 0 Å². The van der Waals surface area contributed by atoms with Crippen LogP contribution in [0.2, 0.25) is 0 Å². The Labute approximate surface area is 135 Å². The van der Waals surface area contributed by atoms with Crippen molar-refractivity contribution in [2.45, 2.75) is 58.3 Å². The number of rotatable bonds is 13. The standard InChI is InChI=1S/C20H30O2/c1-2-3-4-5-6-7-8-9-10-11-12-13-14-15-16-17-18-19-20(21)22/h3-4,6-7,9-10,12-13,15-16H,2,5,8,11,14,17-19H2,1H3,(H,21,22)/b4-3-,7-6-,10-9?,13-12+,16-15+. The first-order chi connectivity index (χ1) is 10.8. The van der Waals surface area contributed by atoms with Gasteiger partial charge >= 0.3 is 5.97 Å². The van der Waals surface area contributed by atoms with Crippen molar-refractivity contribution in [2.24, 2.45) is 0 Å². The Hall–Kier alpha value is -1.83. The molecule has 2 heteroatoms. The first kappa shape index (κ1) is 20.2. The lowest BCUT2D eigenvalue weighted by Gasteiger charge is -1.89. The Morgan fingerprint density at radius 1 is 0.727 bits per heavy atom. The van der Waals surface area contributed by atoms with E-state index in [4.69, 9.17) is 5.11 Å². The number of carboxylic acid groups (broad SMARTS) is 1. The van der Waals surface area contributed by atoms with Crippen LogP contribution in [0.4, 0.5) is 0 Å². The third kappa shape index (κ3) is 18.2. The van der Waals surface area contributed by atoms with Crippen molar-refractivity contribution in [1.82, 2.24) is 0 Å². The molecule has 22 heavy (non-hydrogen) atoms. The molecule has 0 aromatic carbocycles. The van der Waals surface area contributed by atoms with Crippen LogP contribution in [0, 0.1) is 0 Å². The second kappa shape index (κ2) is 17.2. The fourth-order valence-corrected chi connectivity index (χ4v) is 1.74. The molecular formula is C20H30O2. The molecule has 2 nitrogen and oxygen atoms in total. The van der Waals surface area contributed by atoms with Crippen molar-refractivity contribution in [3.8, 4) is 0 Å². The van der Waals surface area contributed by atoms with Gasteiger partial charge < -0.3 is 5.11 Å². The summed E-state index contributed by atoms with van der Waals surface area (Å²) in [6.07, 6.45) is 28.4. The van der Waals surface area contributed by atoms with Gasteiger partial charge in [-0.25, -0.2) is 0 Å². The molecule has 0 aromatic rings. The molecule has 122 valence electrons. The summed E-state index contributed by atoms with van der Waals surface area (Å²) >= 11 is 0. The predicted octanol–water partition coefficient (Wildman–Crippen LogP) is 5.99. The zero-order valence-electron chi connectivity index (χ0n) is 13.8. The molecule has 0 heterocycles. The Kier molecular flexibility index (Phi) is 15.8. The van der Waals surface area contributed by atoms with Gasteiger partial charge in [0.15, 0.2) is 0 Å². The maximum Gasteiger partial charge on any atom is 0.303 e. The fraction of sp³-hybridized carbons (Fsp3) is 0.450. The van der Waals surface area contributed by atoms with Crippen LogP contribution in [-0.2, 0) is 4.79 Å². The fourth-order valence-electron chi connectivity index (χ4n) is 1.74. The topological polar surface area (TPSA) is 37.3 Å². The SMILES string of the molecule is CC/C=C\C/C=C\CC=CC/C=C/C/C=C/CCCC(=O)O. The van der Waals surface area contributed by atoms with Gasteiger partial charge in [0.05, 0.1) is 0 Å². The maximum atomic E-state index is 10.3. The summed E-state index contributed by atoms with van der Waals surface area (Å²) in [6.45, 7) is 2.14. The molecule has 0 saturated heterocycles. The van der Waals surface area contributed by atoms with Crippen LogP contribution < -0.4 is 0 Å². The first-order valence-corrected chi connectivity index (χ1v) is 8.24. The van der Waals surface area contributed by atoms with E-state index in [0.29, 0.717) is 0 Å². The molecule has 0 aliphatic heterocycles. The Morgan fingerprint density at radius 2 is 1.14 bits per heavy atom. The minimum absolute atomic E-state index is 0.258. The zero-order chi connectivity index (χ0) is 16.3. The molecular weight excluding hydrogens is 272 g/mol. The number of unbranched alkanes of at least 4 members (excludes halogenated alkanes) is 1. The van der Waals surface area contributed by atoms with Gasteiger partial charge in [0, 0.05) is 6.42 Å². The van der Waals surface area contributed by atoms with Crippen molar-refractivity contribution >= 4 is 5.97 Å². The second-order valence-electron chi connectivity index (χ2n) is 4.99. The largest absolute Gasteiger partial charge is 0.481 e. The molecule has 0 unspecified atom stereocenters. The monoisotopic (exact) mass is 302 g/mol. The van der Waals surface area contributed by atoms with E-state index in [1.165, 1.54) is 0 Å². The molecule has 0 bridgehead atoms. The average molecular weight is 302 g/mol. The second-order valence-corrected chi connectivity index (χ2v) is 4.99. The quantitative estimate of drug-likeness (QED) is 0.335. The third-order valence-electron chi connectivity index (χ3n) is 2.92. The normalized spacial score (nSPS) is 12.8. The van der Waals surface area contributed by atoms with Crippen molar-refractivity contribution in [3.05, 3.63) is 60.8 Å². The van der Waals surface area contributed by atoms with Gasteiger partial charge in [0.1, 0.15) is 0 Å². The summed E-state index contributed by atoms with van der Waals surface area (Å²) in [6, 6.07) is 0. The summed E-state index contributed by atoms with van der Waals surface area (Å²) in [7, 11) is 0. The Bertz CT molecular complexity index is 398. The molecule has 0 rings (SSSR count). The minimum Gasteiger partial charge on any atom is -0.481 e. The van der Waals surface area contributed by atoms with E-state index in [1.807, 2.05) is 0 Å². The first-order valence-electron chi connectivity index (χ1n) is 8.24. The molecule has 1 N–H and O–H groups in total. The van der Waals surface area contributed by atoms with Gasteiger partial charge in [-0.3, -0.25) is 4.79 Å². The van der Waals surface area contributed by atoms with Gasteiger partial charge in [-0.15, -0.1) is 0 Å². The van der Waals surface area contributed by atoms with E-state index in [9.17, 15) is 4.79 Å². The number of hydrogen-bond donors (Lipinski definition) is 1. The molecule has 0 aliphatic rings. The van der Waals surface area contributed by atoms with Crippen molar-refractivity contribution in [2.75, 3.05) is 0 Å². The van der Waals surface area contributed by atoms with Crippen LogP contribution in [0.3, 0.4) is 0 Å². The lowest BCUT2D eigenvalue weighted by atomic mass is 10.2. The van der Waals surface area contributed by atoms with Crippen LogP contribution in [0.1, 0.15) is 58.3 Å². The molecule has 0 spiro atoms. The van der Waals surface area contributed by atoms with E-state index < -0.39 is 5.97 Å². The van der Waals surface area contributed by atoms with Crippen LogP contribution in [-0.4, -0.2) is 11.1 Å². The number of carbonyl (C=O) groups is 1. The Morgan fingerprint density at radius 3 is 1.55 bits per heavy atom. The highest BCUT2D eigenvalue weighted by molar-refractivity contribution is 5.66. The van der Waals surface area contributed by atoms with Crippen molar-refractivity contribution < 1.29 is 9.90 Å². The van der Waals surface area contributed by atoms with Gasteiger partial charge in [-0.05, 0) is 44.9 Å². The summed E-state index contributed by atoms with van der Waals surface area (Å²) in [5, 5.41) is 8.49. The lowest BCUT2D eigenvalue weighted by Crippen LogP contribution is -1.92. The minimum atomic E-state index is -0.715. The highest BCUT2D eigenvalue weighted by atomic mass is 16.4. The zero-order valence-corrected chi connectivity index (χ0v) is 13.8. The highest BCUT2D eigenvalue weighted by Crippen LogP contribution is 1.99. The maximum absolute atomic E-state index is 10.3. The van der Waals surface area contributed by atoms with Crippen LogP contribution in [0.25, 0.3) is 0 Å². The van der Waals surface area contributed by atoms with Gasteiger partial charge in [-0.2, -0.15) is 0 Å². The molecule has 0 radical (unpaired) electrons. The lowest BCUT2D eigenvalue weighted by molar-refractivity contribution is -0.137. The van der Waals surface area contributed by atoms with Crippen molar-refractivity contribution in [3.63, 3.8) is 0 Å². The van der Waals surface area contributed by atoms with Gasteiger partial charge in [0.25, 0.3) is 0 Å². The van der Waals surface area contributed by atoms with Crippen LogP contribution in [0.5, 0.6) is 0 Å². The van der Waals surface area contributed by atoms with E-state index in [0.717, 1.165) is 44.9 Å². The molecule has 0 saturated carbocycles. The highest BCUT2D eigenvalue weighted by Gasteiger charge is 1.92. The van der Waals surface area contributed by atoms with E-state index >= 15 is 0 Å². The summed E-state index contributed by atoms with van der Waals surface area (Å²) < 4.78 is 0. The summed E-state index contributed by atoms with van der Waals surface area (Å²) in [5.74, 6) is -0.715. The molecule has 0 fully saturated rings. The average Bonchev–Trinajstić information content (AvgIpc) is 2.50. The molecule has 0 aromatic heterocycles. The number of aliphatic carboxylic acids is 1. The van der Waals surface area contributed by atoms with E-state index in [2.05, 4.69) is 67.7 Å². The number of carboxylic acids is 1. The van der Waals surface area contributed by atoms with E-state index in [1.54, 1.807) is 0 Å². The Balaban J connectivity index is 3.46. The molecule has 0 aliphatic carbocycles. The smallest absolute Gasteiger partial charge is 0.303 e. The number of allylic oxidation sites excluding steroid dienone is 10. The number of hydrogen-bond acceptors (Lipinski definition) is 1. The van der Waals surface area contributed by atoms with Gasteiger partial charge in [-0.1, -0.05) is 67.7 Å². The van der Waals surface area contributed by atoms with Gasteiger partial charge in [0.2, 0.25) is 0 Å². The third-order valence-corrected chi connectivity index (χ3v) is 2.92. The van der Waals surface area contributed by atoms with E-state index in [-0.39, 0.29) is 6.42 Å². The molecule has 0 amide bonds. The predicted molar refractivity (Wildman–Crippen MR) is 95.9 cm³/mol. The molecule has 0 atom stereocenters. The van der Waals surface area contributed by atoms with Crippen LogP contribution in [0.15, 0.2) is 60.8 Å².